The van der Waals surface area contributed by atoms with E-state index in [1.165, 1.54) is 0 Å². The molecule has 0 saturated carbocycles. The summed E-state index contributed by atoms with van der Waals surface area (Å²) in [6, 6.07) is 10.6. The molecule has 1 fully saturated rings. The van der Waals surface area contributed by atoms with E-state index >= 15 is 0 Å². The number of aryl methyl sites for hydroxylation is 1. The van der Waals surface area contributed by atoms with Gasteiger partial charge in [-0.2, -0.15) is 0 Å². The molecule has 3 aromatic rings. The molecule has 4 rings (SSSR count). The normalized spacial score (nSPS) is 14.2. The minimum atomic E-state index is -0.365. The number of ether oxygens (including phenoxy) is 1. The van der Waals surface area contributed by atoms with Crippen LogP contribution in [0.3, 0.4) is 0 Å². The molecule has 0 aliphatic carbocycles. The van der Waals surface area contributed by atoms with Crippen molar-refractivity contribution in [1.29, 1.82) is 0 Å². The summed E-state index contributed by atoms with van der Waals surface area (Å²) in [6.45, 7) is 4.56. The van der Waals surface area contributed by atoms with Crippen LogP contribution in [0, 0.1) is 6.92 Å². The number of hydrogen-bond donors (Lipinski definition) is 1. The van der Waals surface area contributed by atoms with Crippen molar-refractivity contribution in [3.05, 3.63) is 52.4 Å². The van der Waals surface area contributed by atoms with Crippen molar-refractivity contribution in [2.75, 3.05) is 36.5 Å². The SMILES string of the molecule is Cc1nc(N2CCOCC2)ccc1NC(=O)Cn1nnc2ccccc2c1=O. The summed E-state index contributed by atoms with van der Waals surface area (Å²) in [5, 5.41) is 11.1. The van der Waals surface area contributed by atoms with Crippen molar-refractivity contribution in [3.63, 3.8) is 0 Å². The monoisotopic (exact) mass is 380 g/mol. The number of nitrogens with zero attached hydrogens (tertiary/aromatic N) is 5. The van der Waals surface area contributed by atoms with Crippen molar-refractivity contribution in [2.45, 2.75) is 13.5 Å². The third-order valence-corrected chi connectivity index (χ3v) is 4.60. The average molecular weight is 380 g/mol. The fourth-order valence-electron chi connectivity index (χ4n) is 3.10. The predicted octanol–water partition coefficient (Wildman–Crippen LogP) is 0.970. The van der Waals surface area contributed by atoms with Gasteiger partial charge >= 0.3 is 0 Å². The van der Waals surface area contributed by atoms with Gasteiger partial charge in [-0.15, -0.1) is 5.10 Å². The largest absolute Gasteiger partial charge is 0.378 e. The molecule has 1 aromatic carbocycles. The lowest BCUT2D eigenvalue weighted by atomic mass is 10.2. The molecule has 1 saturated heterocycles. The van der Waals surface area contributed by atoms with Gasteiger partial charge in [-0.25, -0.2) is 9.67 Å². The maximum absolute atomic E-state index is 12.5. The summed E-state index contributed by atoms with van der Waals surface area (Å²) in [7, 11) is 0. The Balaban J connectivity index is 1.48. The lowest BCUT2D eigenvalue weighted by Gasteiger charge is -2.28. The van der Waals surface area contributed by atoms with Gasteiger partial charge in [0.25, 0.3) is 5.56 Å². The van der Waals surface area contributed by atoms with Crippen LogP contribution in [-0.2, 0) is 16.1 Å². The first-order valence-corrected chi connectivity index (χ1v) is 9.04. The molecule has 9 nitrogen and oxygen atoms in total. The molecule has 1 aliphatic rings. The van der Waals surface area contributed by atoms with E-state index in [1.807, 2.05) is 19.1 Å². The molecule has 1 amide bonds. The highest BCUT2D eigenvalue weighted by atomic mass is 16.5. The second-order valence-corrected chi connectivity index (χ2v) is 6.52. The number of nitrogens with one attached hydrogen (secondary N) is 1. The van der Waals surface area contributed by atoms with Crippen LogP contribution in [0.15, 0.2) is 41.2 Å². The molecule has 144 valence electrons. The molecule has 0 atom stereocenters. The van der Waals surface area contributed by atoms with Crippen molar-refractivity contribution >= 4 is 28.3 Å². The number of carbonyl (C=O) groups is 1. The van der Waals surface area contributed by atoms with E-state index in [0.717, 1.165) is 23.6 Å². The zero-order valence-electron chi connectivity index (χ0n) is 15.5. The van der Waals surface area contributed by atoms with Gasteiger partial charge in [-0.05, 0) is 31.2 Å². The number of pyridine rings is 1. The molecule has 3 heterocycles. The first-order chi connectivity index (χ1) is 13.6. The molecular weight excluding hydrogens is 360 g/mol. The third-order valence-electron chi connectivity index (χ3n) is 4.60. The highest BCUT2D eigenvalue weighted by Gasteiger charge is 2.15. The molecule has 28 heavy (non-hydrogen) atoms. The Kier molecular flexibility index (Phi) is 4.98. The zero-order chi connectivity index (χ0) is 19.5. The van der Waals surface area contributed by atoms with Gasteiger partial charge in [0.2, 0.25) is 5.91 Å². The van der Waals surface area contributed by atoms with Crippen LogP contribution in [0.1, 0.15) is 5.69 Å². The van der Waals surface area contributed by atoms with Crippen LogP contribution in [0.4, 0.5) is 11.5 Å². The predicted molar refractivity (Wildman–Crippen MR) is 104 cm³/mol. The molecular formula is C19H20N6O3. The molecule has 1 aliphatic heterocycles. The second-order valence-electron chi connectivity index (χ2n) is 6.52. The summed E-state index contributed by atoms with van der Waals surface area (Å²) in [6.07, 6.45) is 0. The summed E-state index contributed by atoms with van der Waals surface area (Å²) < 4.78 is 6.41. The molecule has 1 N–H and O–H groups in total. The number of benzene rings is 1. The maximum Gasteiger partial charge on any atom is 0.278 e. The van der Waals surface area contributed by atoms with Crippen molar-refractivity contribution in [3.8, 4) is 0 Å². The lowest BCUT2D eigenvalue weighted by molar-refractivity contribution is -0.117. The molecule has 0 spiro atoms. The van der Waals surface area contributed by atoms with Gasteiger partial charge in [0.1, 0.15) is 17.9 Å². The topological polar surface area (TPSA) is 102 Å². The second kappa shape index (κ2) is 7.73. The Morgan fingerprint density at radius 1 is 1.18 bits per heavy atom. The number of fused-ring (bicyclic) bond motifs is 1. The van der Waals surface area contributed by atoms with E-state index in [0.29, 0.717) is 35.5 Å². The first-order valence-electron chi connectivity index (χ1n) is 9.04. The molecule has 0 radical (unpaired) electrons. The fourth-order valence-corrected chi connectivity index (χ4v) is 3.10. The molecule has 0 bridgehead atoms. The van der Waals surface area contributed by atoms with E-state index < -0.39 is 0 Å². The standard InChI is InChI=1S/C19H20N6O3/c1-13-15(6-7-17(20-13)24-8-10-28-11-9-24)21-18(26)12-25-19(27)14-4-2-3-5-16(14)22-23-25/h2-7H,8-12H2,1H3,(H,21,26). The maximum atomic E-state index is 12.5. The molecule has 9 heteroatoms. The van der Waals surface area contributed by atoms with E-state index in [-0.39, 0.29) is 18.0 Å². The summed E-state index contributed by atoms with van der Waals surface area (Å²) in [5.74, 6) is 0.492. The Bertz CT molecular complexity index is 1070. The van der Waals surface area contributed by atoms with Gasteiger partial charge in [-0.3, -0.25) is 9.59 Å². The highest BCUT2D eigenvalue weighted by Crippen LogP contribution is 2.19. The van der Waals surface area contributed by atoms with Gasteiger partial charge in [0, 0.05) is 13.1 Å². The smallest absolute Gasteiger partial charge is 0.278 e. The highest BCUT2D eigenvalue weighted by molar-refractivity contribution is 5.91. The van der Waals surface area contributed by atoms with Gasteiger partial charge in [0.05, 0.1) is 30.0 Å². The number of morpholine rings is 1. The number of aromatic nitrogens is 4. The van der Waals surface area contributed by atoms with Crippen molar-refractivity contribution in [1.82, 2.24) is 20.0 Å². The van der Waals surface area contributed by atoms with E-state index in [2.05, 4.69) is 25.5 Å². The van der Waals surface area contributed by atoms with Crippen molar-refractivity contribution < 1.29 is 9.53 Å². The first kappa shape index (κ1) is 18.1. The molecule has 0 unspecified atom stereocenters. The lowest BCUT2D eigenvalue weighted by Crippen LogP contribution is -2.36. The van der Waals surface area contributed by atoms with Gasteiger partial charge < -0.3 is 15.0 Å². The van der Waals surface area contributed by atoms with Crippen molar-refractivity contribution in [2.24, 2.45) is 0 Å². The van der Waals surface area contributed by atoms with E-state index in [1.54, 1.807) is 24.3 Å². The summed E-state index contributed by atoms with van der Waals surface area (Å²) in [4.78, 5) is 31.6. The Morgan fingerprint density at radius 2 is 1.96 bits per heavy atom. The van der Waals surface area contributed by atoms with Gasteiger partial charge in [0.15, 0.2) is 0 Å². The fraction of sp³-hybridized carbons (Fsp3) is 0.316. The minimum Gasteiger partial charge on any atom is -0.378 e. The number of anilines is 2. The van der Waals surface area contributed by atoms with E-state index in [9.17, 15) is 9.59 Å². The van der Waals surface area contributed by atoms with Crippen LogP contribution < -0.4 is 15.8 Å². The Labute approximate surface area is 160 Å². The average Bonchev–Trinajstić information content (AvgIpc) is 2.72. The van der Waals surface area contributed by atoms with Crippen LogP contribution >= 0.6 is 0 Å². The zero-order valence-corrected chi connectivity index (χ0v) is 15.5. The van der Waals surface area contributed by atoms with Crippen LogP contribution in [-0.4, -0.2) is 52.2 Å². The van der Waals surface area contributed by atoms with E-state index in [4.69, 9.17) is 4.74 Å². The van der Waals surface area contributed by atoms with Crippen LogP contribution in [0.25, 0.3) is 10.9 Å². The number of amides is 1. The number of carbonyl (C=O) groups excluding carboxylic acids is 1. The van der Waals surface area contributed by atoms with Crippen LogP contribution in [0.2, 0.25) is 0 Å². The molecule has 2 aromatic heterocycles. The Hall–Kier alpha value is -3.33. The third kappa shape index (κ3) is 3.70. The quantitative estimate of drug-likeness (QED) is 0.719. The summed E-state index contributed by atoms with van der Waals surface area (Å²) in [5.41, 5.74) is 1.46. The van der Waals surface area contributed by atoms with Gasteiger partial charge in [-0.1, -0.05) is 17.3 Å². The minimum absolute atomic E-state index is 0.221. The number of rotatable bonds is 4. The Morgan fingerprint density at radius 3 is 2.75 bits per heavy atom. The van der Waals surface area contributed by atoms with Crippen LogP contribution in [0.5, 0.6) is 0 Å². The number of hydrogen-bond acceptors (Lipinski definition) is 7. The summed E-state index contributed by atoms with van der Waals surface area (Å²) >= 11 is 0.